The molecule has 2 fully saturated rings. The molecule has 70 valence electrons. The second-order valence-electron chi connectivity index (χ2n) is 4.07. The number of hydrogen-bond acceptors (Lipinski definition) is 2. The molecule has 2 aliphatic rings. The monoisotopic (exact) mass is 169 g/mol. The van der Waals surface area contributed by atoms with Crippen molar-refractivity contribution in [1.82, 2.24) is 4.90 Å². The Bertz CT molecular complexity index is 149. The Balaban J connectivity index is 1.92. The van der Waals surface area contributed by atoms with Gasteiger partial charge in [-0.15, -0.1) is 0 Å². The Morgan fingerprint density at radius 2 is 2.17 bits per heavy atom. The Morgan fingerprint density at radius 1 is 1.25 bits per heavy atom. The Labute approximate surface area is 74.9 Å². The molecule has 0 aromatic carbocycles. The minimum atomic E-state index is 0.736. The van der Waals surface area contributed by atoms with Crippen LogP contribution in [0.2, 0.25) is 0 Å². The molecule has 0 saturated carbocycles. The van der Waals surface area contributed by atoms with Gasteiger partial charge in [-0.05, 0) is 32.2 Å². The number of fused-ring (bicyclic) bond motifs is 1. The third-order valence-electron chi connectivity index (χ3n) is 3.33. The molecule has 0 bridgehead atoms. The molecule has 0 amide bonds. The smallest absolute Gasteiger partial charge is 0.0618 e. The molecule has 2 heteroatoms. The van der Waals surface area contributed by atoms with Crippen LogP contribution in [-0.2, 0) is 4.74 Å². The quantitative estimate of drug-likeness (QED) is 0.623. The van der Waals surface area contributed by atoms with Crippen LogP contribution in [0.3, 0.4) is 0 Å². The molecule has 2 unspecified atom stereocenters. The molecule has 2 atom stereocenters. The van der Waals surface area contributed by atoms with Crippen molar-refractivity contribution in [2.45, 2.75) is 44.2 Å². The fraction of sp³-hybridized carbons (Fsp3) is 1.00. The molecular weight excluding hydrogens is 150 g/mol. The van der Waals surface area contributed by atoms with Gasteiger partial charge in [0.1, 0.15) is 0 Å². The summed E-state index contributed by atoms with van der Waals surface area (Å²) < 4.78 is 5.23. The van der Waals surface area contributed by atoms with Gasteiger partial charge in [0, 0.05) is 19.2 Å². The van der Waals surface area contributed by atoms with E-state index in [0.717, 1.165) is 18.7 Å². The first-order valence-corrected chi connectivity index (χ1v) is 5.16. The zero-order valence-electron chi connectivity index (χ0n) is 7.96. The molecule has 0 aromatic heterocycles. The van der Waals surface area contributed by atoms with Crippen LogP contribution in [0.5, 0.6) is 0 Å². The topological polar surface area (TPSA) is 12.5 Å². The highest BCUT2D eigenvalue weighted by atomic mass is 16.5. The lowest BCUT2D eigenvalue weighted by Gasteiger charge is -2.33. The first-order valence-electron chi connectivity index (χ1n) is 5.16. The van der Waals surface area contributed by atoms with E-state index in [4.69, 9.17) is 4.74 Å². The largest absolute Gasteiger partial charge is 0.383 e. The molecule has 0 N–H and O–H groups in total. The summed E-state index contributed by atoms with van der Waals surface area (Å²) in [4.78, 5) is 2.67. The van der Waals surface area contributed by atoms with Crippen LogP contribution in [0.4, 0.5) is 0 Å². The van der Waals surface area contributed by atoms with Crippen molar-refractivity contribution in [3.05, 3.63) is 0 Å². The maximum atomic E-state index is 5.23. The van der Waals surface area contributed by atoms with Gasteiger partial charge in [-0.25, -0.2) is 0 Å². The van der Waals surface area contributed by atoms with Crippen molar-refractivity contribution in [3.8, 4) is 0 Å². The molecule has 2 aliphatic heterocycles. The third kappa shape index (κ3) is 1.50. The van der Waals surface area contributed by atoms with E-state index >= 15 is 0 Å². The van der Waals surface area contributed by atoms with Crippen LogP contribution in [0, 0.1) is 0 Å². The molecule has 0 aliphatic carbocycles. The summed E-state index contributed by atoms with van der Waals surface area (Å²) in [7, 11) is 1.82. The van der Waals surface area contributed by atoms with E-state index in [0.29, 0.717) is 0 Å². The summed E-state index contributed by atoms with van der Waals surface area (Å²) in [5.41, 5.74) is 0. The second kappa shape index (κ2) is 3.75. The van der Waals surface area contributed by atoms with E-state index in [1.54, 1.807) is 0 Å². The SMILES string of the molecule is COCC1CCC2CCCCN21. The summed E-state index contributed by atoms with van der Waals surface area (Å²) in [6.07, 6.45) is 7.05. The molecule has 2 nitrogen and oxygen atoms in total. The van der Waals surface area contributed by atoms with E-state index in [1.165, 1.54) is 38.6 Å². The lowest BCUT2D eigenvalue weighted by molar-refractivity contribution is 0.0799. The summed E-state index contributed by atoms with van der Waals surface area (Å²) in [5, 5.41) is 0. The van der Waals surface area contributed by atoms with Crippen LogP contribution in [0.1, 0.15) is 32.1 Å². The summed E-state index contributed by atoms with van der Waals surface area (Å²) >= 11 is 0. The summed E-state index contributed by atoms with van der Waals surface area (Å²) in [5.74, 6) is 0. The summed E-state index contributed by atoms with van der Waals surface area (Å²) in [6, 6.07) is 1.64. The van der Waals surface area contributed by atoms with Gasteiger partial charge in [-0.2, -0.15) is 0 Å². The van der Waals surface area contributed by atoms with Gasteiger partial charge in [-0.3, -0.25) is 4.90 Å². The van der Waals surface area contributed by atoms with Crippen LogP contribution >= 0.6 is 0 Å². The van der Waals surface area contributed by atoms with Gasteiger partial charge >= 0.3 is 0 Å². The molecule has 2 heterocycles. The molecule has 2 rings (SSSR count). The first kappa shape index (κ1) is 8.52. The van der Waals surface area contributed by atoms with Gasteiger partial charge < -0.3 is 4.74 Å². The van der Waals surface area contributed by atoms with Crippen LogP contribution in [0.15, 0.2) is 0 Å². The van der Waals surface area contributed by atoms with Crippen LogP contribution in [-0.4, -0.2) is 37.2 Å². The molecule has 0 aromatic rings. The van der Waals surface area contributed by atoms with Gasteiger partial charge in [0.15, 0.2) is 0 Å². The third-order valence-corrected chi connectivity index (χ3v) is 3.33. The van der Waals surface area contributed by atoms with Crippen molar-refractivity contribution in [2.75, 3.05) is 20.3 Å². The number of methoxy groups -OCH3 is 1. The lowest BCUT2D eigenvalue weighted by Crippen LogP contribution is -2.41. The molecular formula is C10H19NO. The number of rotatable bonds is 2. The number of nitrogens with zero attached hydrogens (tertiary/aromatic N) is 1. The fourth-order valence-corrected chi connectivity index (χ4v) is 2.74. The van der Waals surface area contributed by atoms with Gasteiger partial charge in [0.2, 0.25) is 0 Å². The molecule has 2 saturated heterocycles. The van der Waals surface area contributed by atoms with E-state index < -0.39 is 0 Å². The van der Waals surface area contributed by atoms with E-state index in [9.17, 15) is 0 Å². The van der Waals surface area contributed by atoms with Crippen LogP contribution in [0.25, 0.3) is 0 Å². The molecule has 12 heavy (non-hydrogen) atoms. The minimum absolute atomic E-state index is 0.736. The Hall–Kier alpha value is -0.0800. The number of hydrogen-bond donors (Lipinski definition) is 0. The van der Waals surface area contributed by atoms with Crippen molar-refractivity contribution >= 4 is 0 Å². The Morgan fingerprint density at radius 3 is 3.00 bits per heavy atom. The van der Waals surface area contributed by atoms with Crippen molar-refractivity contribution in [1.29, 1.82) is 0 Å². The fourth-order valence-electron chi connectivity index (χ4n) is 2.74. The van der Waals surface area contributed by atoms with E-state index in [1.807, 2.05) is 7.11 Å². The predicted molar refractivity (Wildman–Crippen MR) is 49.2 cm³/mol. The lowest BCUT2D eigenvalue weighted by atomic mass is 10.0. The zero-order chi connectivity index (χ0) is 8.39. The summed E-state index contributed by atoms with van der Waals surface area (Å²) in [6.45, 7) is 2.26. The average Bonchev–Trinajstić information content (AvgIpc) is 2.50. The predicted octanol–water partition coefficient (Wildman–Crippen LogP) is 1.65. The minimum Gasteiger partial charge on any atom is -0.383 e. The molecule has 0 spiro atoms. The second-order valence-corrected chi connectivity index (χ2v) is 4.07. The number of piperidine rings is 1. The standard InChI is InChI=1S/C10H19NO/c1-12-8-10-6-5-9-4-2-3-7-11(9)10/h9-10H,2-8H2,1H3. The highest BCUT2D eigenvalue weighted by Crippen LogP contribution is 2.31. The van der Waals surface area contributed by atoms with Crippen molar-refractivity contribution in [3.63, 3.8) is 0 Å². The number of ether oxygens (including phenoxy) is 1. The molecule has 0 radical (unpaired) electrons. The van der Waals surface area contributed by atoms with Gasteiger partial charge in [-0.1, -0.05) is 6.42 Å². The first-order chi connectivity index (χ1) is 5.92. The maximum Gasteiger partial charge on any atom is 0.0618 e. The van der Waals surface area contributed by atoms with E-state index in [-0.39, 0.29) is 0 Å². The zero-order valence-corrected chi connectivity index (χ0v) is 7.96. The van der Waals surface area contributed by atoms with E-state index in [2.05, 4.69) is 4.90 Å². The van der Waals surface area contributed by atoms with Gasteiger partial charge in [0.25, 0.3) is 0 Å². The Kier molecular flexibility index (Phi) is 2.66. The average molecular weight is 169 g/mol. The van der Waals surface area contributed by atoms with Crippen molar-refractivity contribution < 1.29 is 4.74 Å². The maximum absolute atomic E-state index is 5.23. The highest BCUT2D eigenvalue weighted by molar-refractivity contribution is 4.89. The van der Waals surface area contributed by atoms with Crippen molar-refractivity contribution in [2.24, 2.45) is 0 Å². The van der Waals surface area contributed by atoms with Gasteiger partial charge in [0.05, 0.1) is 6.61 Å². The normalized spacial score (nSPS) is 36.8. The van der Waals surface area contributed by atoms with Crippen LogP contribution < -0.4 is 0 Å². The highest BCUT2D eigenvalue weighted by Gasteiger charge is 2.34.